The Balaban J connectivity index is 1.49. The highest BCUT2D eigenvalue weighted by atomic mass is 32.2. The van der Waals surface area contributed by atoms with Crippen molar-refractivity contribution in [3.05, 3.63) is 35.9 Å². The monoisotopic (exact) mass is 385 g/mol. The highest BCUT2D eigenvalue weighted by Gasteiger charge is 2.29. The third kappa shape index (κ3) is 4.72. The highest BCUT2D eigenvalue weighted by molar-refractivity contribution is 7.99. The molecule has 3 rings (SSSR count). The Bertz CT molecular complexity index is 839. The van der Waals surface area contributed by atoms with E-state index in [1.807, 2.05) is 11.6 Å². The van der Waals surface area contributed by atoms with Crippen molar-refractivity contribution in [1.29, 1.82) is 0 Å². The van der Waals surface area contributed by atoms with Gasteiger partial charge in [-0.15, -0.1) is 10.2 Å². The number of benzene rings is 1. The van der Waals surface area contributed by atoms with Crippen molar-refractivity contribution in [2.24, 2.45) is 13.0 Å². The summed E-state index contributed by atoms with van der Waals surface area (Å²) < 4.78 is 43.9. The number of nitrogens with zero attached hydrogens (tertiary/aromatic N) is 3. The van der Waals surface area contributed by atoms with Gasteiger partial charge in [0.2, 0.25) is 0 Å². The Morgan fingerprint density at radius 1 is 1.36 bits per heavy atom. The van der Waals surface area contributed by atoms with E-state index in [2.05, 4.69) is 10.2 Å². The Kier molecular flexibility index (Phi) is 5.63. The van der Waals surface area contributed by atoms with Gasteiger partial charge in [-0.3, -0.25) is 0 Å². The number of halogens is 1. The molecule has 1 atom stereocenters. The average Bonchev–Trinajstić information content (AvgIpc) is 3.09. The molecular weight excluding hydrogens is 365 g/mol. The molecule has 136 valence electrons. The van der Waals surface area contributed by atoms with E-state index < -0.39 is 9.84 Å². The van der Waals surface area contributed by atoms with Gasteiger partial charge in [0, 0.05) is 19.2 Å². The summed E-state index contributed by atoms with van der Waals surface area (Å²) in [5.41, 5.74) is 0. The van der Waals surface area contributed by atoms with Gasteiger partial charge in [0.1, 0.15) is 5.82 Å². The maximum absolute atomic E-state index is 13.5. The number of sulfone groups is 1. The van der Waals surface area contributed by atoms with Gasteiger partial charge in [-0.25, -0.2) is 12.8 Å². The topological polar surface area (TPSA) is 74.1 Å². The summed E-state index contributed by atoms with van der Waals surface area (Å²) in [6, 6.07) is 6.30. The molecule has 0 bridgehead atoms. The van der Waals surface area contributed by atoms with E-state index in [0.29, 0.717) is 25.2 Å². The predicted octanol–water partition coefficient (Wildman–Crippen LogP) is 2.10. The van der Waals surface area contributed by atoms with E-state index in [0.717, 1.165) is 11.0 Å². The Labute approximate surface area is 150 Å². The number of hydrogen-bond donors (Lipinski definition) is 0. The Hall–Kier alpha value is -1.61. The van der Waals surface area contributed by atoms with Crippen molar-refractivity contribution >= 4 is 21.6 Å². The Morgan fingerprint density at radius 3 is 2.88 bits per heavy atom. The quantitative estimate of drug-likeness (QED) is 0.537. The van der Waals surface area contributed by atoms with E-state index in [-0.39, 0.29) is 29.0 Å². The first-order chi connectivity index (χ1) is 11.9. The second-order valence-electron chi connectivity index (χ2n) is 6.06. The molecule has 1 aliphatic heterocycles. The van der Waals surface area contributed by atoms with Crippen molar-refractivity contribution in [3.8, 4) is 5.75 Å². The van der Waals surface area contributed by atoms with E-state index >= 15 is 0 Å². The Morgan fingerprint density at radius 2 is 2.16 bits per heavy atom. The van der Waals surface area contributed by atoms with Crippen LogP contribution in [0.3, 0.4) is 0 Å². The van der Waals surface area contributed by atoms with E-state index in [1.165, 1.54) is 17.8 Å². The fourth-order valence-corrected chi connectivity index (χ4v) is 5.39. The number of ether oxygens (including phenoxy) is 1. The molecule has 6 nitrogen and oxygen atoms in total. The van der Waals surface area contributed by atoms with Gasteiger partial charge in [0.25, 0.3) is 0 Å². The van der Waals surface area contributed by atoms with Gasteiger partial charge in [0.15, 0.2) is 26.6 Å². The zero-order valence-electron chi connectivity index (χ0n) is 13.9. The number of aromatic nitrogens is 3. The molecule has 1 fully saturated rings. The van der Waals surface area contributed by atoms with Gasteiger partial charge < -0.3 is 9.30 Å². The van der Waals surface area contributed by atoms with E-state index in [1.54, 1.807) is 18.2 Å². The molecule has 1 saturated heterocycles. The molecule has 2 heterocycles. The second kappa shape index (κ2) is 7.74. The first kappa shape index (κ1) is 18.2. The standard InChI is InChI=1S/C16H20FN3O3S2/c1-20-15(10-12-6-9-25(21,22)11-12)18-19-16(20)24-8-7-23-14-5-3-2-4-13(14)17/h2-5,12H,6-11H2,1H3. The van der Waals surface area contributed by atoms with Gasteiger partial charge in [-0.05, 0) is 24.5 Å². The summed E-state index contributed by atoms with van der Waals surface area (Å²) in [5.74, 6) is 1.89. The number of thioether (sulfide) groups is 1. The van der Waals surface area contributed by atoms with Crippen LogP contribution in [-0.4, -0.2) is 47.0 Å². The molecular formula is C16H20FN3O3S2. The highest BCUT2D eigenvalue weighted by Crippen LogP contribution is 2.24. The lowest BCUT2D eigenvalue weighted by molar-refractivity contribution is 0.325. The summed E-state index contributed by atoms with van der Waals surface area (Å²) in [5, 5.41) is 9.07. The maximum atomic E-state index is 13.5. The van der Waals surface area contributed by atoms with Crippen LogP contribution in [0.4, 0.5) is 4.39 Å². The molecule has 1 unspecified atom stereocenters. The predicted molar refractivity (Wildman–Crippen MR) is 94.1 cm³/mol. The van der Waals surface area contributed by atoms with Crippen LogP contribution < -0.4 is 4.74 Å². The molecule has 0 saturated carbocycles. The average molecular weight is 385 g/mol. The van der Waals surface area contributed by atoms with Crippen molar-refractivity contribution in [2.45, 2.75) is 18.0 Å². The van der Waals surface area contributed by atoms with Crippen molar-refractivity contribution in [1.82, 2.24) is 14.8 Å². The minimum absolute atomic E-state index is 0.120. The summed E-state index contributed by atoms with van der Waals surface area (Å²) in [6.45, 7) is 0.356. The van der Waals surface area contributed by atoms with Crippen LogP contribution in [0.25, 0.3) is 0 Å². The van der Waals surface area contributed by atoms with Crippen LogP contribution >= 0.6 is 11.8 Å². The van der Waals surface area contributed by atoms with Crippen LogP contribution in [0.5, 0.6) is 5.75 Å². The molecule has 1 aromatic carbocycles. The third-order valence-electron chi connectivity index (χ3n) is 4.13. The molecule has 0 radical (unpaired) electrons. The maximum Gasteiger partial charge on any atom is 0.191 e. The van der Waals surface area contributed by atoms with Crippen LogP contribution in [0.2, 0.25) is 0 Å². The van der Waals surface area contributed by atoms with Crippen LogP contribution in [0.15, 0.2) is 29.4 Å². The lowest BCUT2D eigenvalue weighted by Crippen LogP contribution is -2.11. The van der Waals surface area contributed by atoms with Gasteiger partial charge in [0.05, 0.1) is 18.1 Å². The minimum Gasteiger partial charge on any atom is -0.490 e. The molecule has 0 amide bonds. The van der Waals surface area contributed by atoms with Gasteiger partial charge >= 0.3 is 0 Å². The second-order valence-corrected chi connectivity index (χ2v) is 9.35. The largest absolute Gasteiger partial charge is 0.490 e. The minimum atomic E-state index is -2.88. The number of para-hydroxylation sites is 1. The van der Waals surface area contributed by atoms with Crippen molar-refractivity contribution in [2.75, 3.05) is 23.9 Å². The molecule has 1 aliphatic rings. The molecule has 1 aromatic heterocycles. The molecule has 9 heteroatoms. The molecule has 0 spiro atoms. The summed E-state index contributed by atoms with van der Waals surface area (Å²) in [6.07, 6.45) is 1.31. The van der Waals surface area contributed by atoms with Gasteiger partial charge in [-0.2, -0.15) is 0 Å². The smallest absolute Gasteiger partial charge is 0.191 e. The number of hydrogen-bond acceptors (Lipinski definition) is 6. The molecule has 0 N–H and O–H groups in total. The summed E-state index contributed by atoms with van der Waals surface area (Å²) in [7, 11) is -1.01. The van der Waals surface area contributed by atoms with Crippen molar-refractivity contribution < 1.29 is 17.5 Å². The van der Waals surface area contributed by atoms with Gasteiger partial charge in [-0.1, -0.05) is 23.9 Å². The van der Waals surface area contributed by atoms with Crippen LogP contribution in [-0.2, 0) is 23.3 Å². The lowest BCUT2D eigenvalue weighted by atomic mass is 10.1. The summed E-state index contributed by atoms with van der Waals surface area (Å²) in [4.78, 5) is 0. The first-order valence-electron chi connectivity index (χ1n) is 8.03. The van der Waals surface area contributed by atoms with E-state index in [9.17, 15) is 12.8 Å². The number of rotatable bonds is 7. The SMILES string of the molecule is Cn1c(CC2CCS(=O)(=O)C2)nnc1SCCOc1ccccc1F. The van der Waals surface area contributed by atoms with Crippen molar-refractivity contribution in [3.63, 3.8) is 0 Å². The molecule has 0 aliphatic carbocycles. The van der Waals surface area contributed by atoms with E-state index in [4.69, 9.17) is 4.74 Å². The normalized spacial score (nSPS) is 19.2. The fraction of sp³-hybridized carbons (Fsp3) is 0.500. The molecule has 25 heavy (non-hydrogen) atoms. The van der Waals surface area contributed by atoms with Crippen LogP contribution in [0.1, 0.15) is 12.2 Å². The lowest BCUT2D eigenvalue weighted by Gasteiger charge is -2.08. The zero-order valence-corrected chi connectivity index (χ0v) is 15.5. The first-order valence-corrected chi connectivity index (χ1v) is 10.8. The fourth-order valence-electron chi connectivity index (χ4n) is 2.79. The third-order valence-corrected chi connectivity index (χ3v) is 6.95. The zero-order chi connectivity index (χ0) is 17.9. The summed E-state index contributed by atoms with van der Waals surface area (Å²) >= 11 is 1.47. The molecule has 2 aromatic rings. The van der Waals surface area contributed by atoms with Crippen LogP contribution in [0, 0.1) is 11.7 Å².